The molecule has 2 aliphatic heterocycles. The predicted molar refractivity (Wildman–Crippen MR) is 127 cm³/mol. The summed E-state index contributed by atoms with van der Waals surface area (Å²) < 4.78 is 34.5. The average molecular weight is 480 g/mol. The molecule has 3 heterocycles. The van der Waals surface area contributed by atoms with Crippen LogP contribution in [0.1, 0.15) is 32.7 Å². The number of methoxy groups -OCH3 is 1. The number of halogens is 2. The van der Waals surface area contributed by atoms with E-state index in [9.17, 15) is 18.4 Å². The van der Waals surface area contributed by atoms with Crippen molar-refractivity contribution in [3.8, 4) is 5.75 Å². The topological polar surface area (TPSA) is 54.8 Å². The van der Waals surface area contributed by atoms with Crippen molar-refractivity contribution in [1.29, 1.82) is 0 Å². The number of hydrogen-bond acceptors (Lipinski definition) is 4. The van der Waals surface area contributed by atoms with Crippen LogP contribution < -0.4 is 10.3 Å². The molecule has 35 heavy (non-hydrogen) atoms. The Kier molecular flexibility index (Phi) is 6.38. The molecule has 0 saturated carbocycles. The van der Waals surface area contributed by atoms with Gasteiger partial charge in [-0.1, -0.05) is 24.3 Å². The maximum absolute atomic E-state index is 13.8. The van der Waals surface area contributed by atoms with Crippen LogP contribution in [-0.4, -0.2) is 47.0 Å². The summed E-state index contributed by atoms with van der Waals surface area (Å²) in [6, 6.07) is 13.0. The lowest BCUT2D eigenvalue weighted by molar-refractivity contribution is 0.0728. The Balaban J connectivity index is 1.43. The van der Waals surface area contributed by atoms with E-state index in [0.29, 0.717) is 62.5 Å². The fourth-order valence-corrected chi connectivity index (χ4v) is 5.13. The van der Waals surface area contributed by atoms with Gasteiger partial charge in [0.15, 0.2) is 0 Å². The Labute approximate surface area is 202 Å². The molecule has 182 valence electrons. The summed E-state index contributed by atoms with van der Waals surface area (Å²) in [5, 5.41) is 0. The molecule has 3 aromatic rings. The number of hydrogen-bond donors (Lipinski definition) is 0. The number of nitrogens with zero attached hydrogens (tertiary/aromatic N) is 3. The van der Waals surface area contributed by atoms with E-state index in [1.54, 1.807) is 4.57 Å². The first-order valence-corrected chi connectivity index (χ1v) is 11.8. The summed E-state index contributed by atoms with van der Waals surface area (Å²) >= 11 is 0. The smallest absolute Gasteiger partial charge is 0.259 e. The summed E-state index contributed by atoms with van der Waals surface area (Å²) in [4.78, 5) is 30.5. The molecule has 2 aromatic carbocycles. The number of rotatable bonds is 4. The number of benzene rings is 2. The molecule has 2 aliphatic rings. The van der Waals surface area contributed by atoms with Crippen molar-refractivity contribution in [1.82, 2.24) is 14.4 Å². The maximum atomic E-state index is 13.8. The van der Waals surface area contributed by atoms with Gasteiger partial charge in [-0.2, -0.15) is 0 Å². The van der Waals surface area contributed by atoms with E-state index in [1.807, 2.05) is 28.0 Å². The van der Waals surface area contributed by atoms with E-state index in [0.717, 1.165) is 18.1 Å². The molecule has 1 amide bonds. The van der Waals surface area contributed by atoms with Crippen molar-refractivity contribution in [3.05, 3.63) is 98.5 Å². The van der Waals surface area contributed by atoms with Crippen LogP contribution in [0.3, 0.4) is 0 Å². The number of carbonyl (C=O) groups is 1. The van der Waals surface area contributed by atoms with E-state index in [2.05, 4.69) is 6.07 Å². The Bertz CT molecular complexity index is 1320. The van der Waals surface area contributed by atoms with Crippen LogP contribution in [0.25, 0.3) is 0 Å². The van der Waals surface area contributed by atoms with E-state index in [-0.39, 0.29) is 17.2 Å². The van der Waals surface area contributed by atoms with Gasteiger partial charge in [-0.05, 0) is 35.2 Å². The number of pyridine rings is 1. The Morgan fingerprint density at radius 3 is 2.43 bits per heavy atom. The van der Waals surface area contributed by atoms with E-state index in [1.165, 1.54) is 30.9 Å². The molecule has 0 unspecified atom stereocenters. The molecule has 0 aliphatic carbocycles. The Morgan fingerprint density at radius 2 is 1.69 bits per heavy atom. The Hall–Kier alpha value is -3.52. The van der Waals surface area contributed by atoms with Gasteiger partial charge in [0.25, 0.3) is 11.5 Å². The predicted octanol–water partition coefficient (Wildman–Crippen LogP) is 3.39. The van der Waals surface area contributed by atoms with Crippen molar-refractivity contribution in [3.63, 3.8) is 0 Å². The minimum absolute atomic E-state index is 0.152. The number of fused-ring (bicyclic) bond motifs is 2. The molecule has 0 radical (unpaired) electrons. The standard InChI is InChI=1S/C27H27F2N3O3/c1-35-24-15-25(33)32-11-10-30(16-18-12-21(28)14-22(29)13-18)8-7-23(32)26(24)27(34)31-9-6-19-4-2-3-5-20(19)17-31/h2-5,12-15H,6-11,16-17H2,1H3. The highest BCUT2D eigenvalue weighted by atomic mass is 19.1. The highest BCUT2D eigenvalue weighted by Crippen LogP contribution is 2.28. The maximum Gasteiger partial charge on any atom is 0.259 e. The van der Waals surface area contributed by atoms with Gasteiger partial charge < -0.3 is 14.2 Å². The quantitative estimate of drug-likeness (QED) is 0.576. The van der Waals surface area contributed by atoms with Crippen LogP contribution in [-0.2, 0) is 32.5 Å². The van der Waals surface area contributed by atoms with Gasteiger partial charge in [-0.15, -0.1) is 0 Å². The SMILES string of the molecule is COc1cc(=O)n2c(c1C(=O)N1CCc3ccccc3C1)CCN(Cc1cc(F)cc(F)c1)CC2. The molecule has 0 saturated heterocycles. The molecule has 0 N–H and O–H groups in total. The van der Waals surface area contributed by atoms with Gasteiger partial charge in [0.05, 0.1) is 7.11 Å². The van der Waals surface area contributed by atoms with E-state index in [4.69, 9.17) is 4.74 Å². The lowest BCUT2D eigenvalue weighted by atomic mass is 9.98. The second-order valence-electron chi connectivity index (χ2n) is 9.07. The fraction of sp³-hybridized carbons (Fsp3) is 0.333. The van der Waals surface area contributed by atoms with E-state index >= 15 is 0 Å². The van der Waals surface area contributed by atoms with Crippen molar-refractivity contribution < 1.29 is 18.3 Å². The van der Waals surface area contributed by atoms with E-state index < -0.39 is 11.6 Å². The average Bonchev–Trinajstić information content (AvgIpc) is 3.05. The molecule has 6 nitrogen and oxygen atoms in total. The number of ether oxygens (including phenoxy) is 1. The van der Waals surface area contributed by atoms with Gasteiger partial charge >= 0.3 is 0 Å². The Morgan fingerprint density at radius 1 is 0.943 bits per heavy atom. The lowest BCUT2D eigenvalue weighted by Gasteiger charge is -2.30. The summed E-state index contributed by atoms with van der Waals surface area (Å²) in [7, 11) is 1.47. The number of carbonyl (C=O) groups excluding carboxylic acids is 1. The van der Waals surface area contributed by atoms with Crippen LogP contribution >= 0.6 is 0 Å². The van der Waals surface area contributed by atoms with Crippen molar-refractivity contribution >= 4 is 5.91 Å². The minimum Gasteiger partial charge on any atom is -0.496 e. The zero-order valence-electron chi connectivity index (χ0n) is 19.6. The van der Waals surface area contributed by atoms with Crippen LogP contribution in [0.15, 0.2) is 53.3 Å². The van der Waals surface area contributed by atoms with Crippen LogP contribution in [0.4, 0.5) is 8.78 Å². The van der Waals surface area contributed by atoms with Crippen LogP contribution in [0.2, 0.25) is 0 Å². The first kappa shape index (κ1) is 23.2. The molecule has 0 spiro atoms. The van der Waals surface area contributed by atoms with Crippen molar-refractivity contribution in [2.45, 2.75) is 32.5 Å². The van der Waals surface area contributed by atoms with Gasteiger partial charge in [0, 0.05) is 63.5 Å². The van der Waals surface area contributed by atoms with Crippen molar-refractivity contribution in [2.75, 3.05) is 26.7 Å². The summed E-state index contributed by atoms with van der Waals surface area (Å²) in [5.74, 6) is -1.10. The molecule has 1 aromatic heterocycles. The highest BCUT2D eigenvalue weighted by molar-refractivity contribution is 5.98. The monoisotopic (exact) mass is 479 g/mol. The third-order valence-corrected chi connectivity index (χ3v) is 6.87. The number of aromatic nitrogens is 1. The van der Waals surface area contributed by atoms with Crippen molar-refractivity contribution in [2.24, 2.45) is 0 Å². The minimum atomic E-state index is -0.616. The van der Waals surface area contributed by atoms with Gasteiger partial charge in [0.2, 0.25) is 0 Å². The second kappa shape index (κ2) is 9.62. The largest absolute Gasteiger partial charge is 0.496 e. The normalized spacial score (nSPS) is 15.8. The molecule has 5 rings (SSSR count). The van der Waals surface area contributed by atoms with Gasteiger partial charge in [-0.25, -0.2) is 8.78 Å². The third kappa shape index (κ3) is 4.71. The highest BCUT2D eigenvalue weighted by Gasteiger charge is 2.30. The molecular weight excluding hydrogens is 452 g/mol. The zero-order chi connectivity index (χ0) is 24.5. The number of amides is 1. The first-order valence-electron chi connectivity index (χ1n) is 11.8. The lowest BCUT2D eigenvalue weighted by Crippen LogP contribution is -2.38. The molecule has 0 fully saturated rings. The van der Waals surface area contributed by atoms with Crippen LogP contribution in [0.5, 0.6) is 5.75 Å². The van der Waals surface area contributed by atoms with Gasteiger partial charge in [0.1, 0.15) is 22.9 Å². The zero-order valence-corrected chi connectivity index (χ0v) is 19.6. The summed E-state index contributed by atoms with van der Waals surface area (Å²) in [6.07, 6.45) is 1.22. The molecule has 8 heteroatoms. The third-order valence-electron chi connectivity index (χ3n) is 6.87. The summed E-state index contributed by atoms with van der Waals surface area (Å²) in [5.41, 5.74) is 3.74. The first-order chi connectivity index (χ1) is 16.9. The summed E-state index contributed by atoms with van der Waals surface area (Å²) in [6.45, 7) is 2.87. The van der Waals surface area contributed by atoms with Gasteiger partial charge in [-0.3, -0.25) is 14.5 Å². The fourth-order valence-electron chi connectivity index (χ4n) is 5.13. The molecular formula is C27H27F2N3O3. The molecule has 0 atom stereocenters. The second-order valence-corrected chi connectivity index (χ2v) is 9.07. The van der Waals surface area contributed by atoms with Crippen LogP contribution in [0, 0.1) is 11.6 Å². The molecule has 0 bridgehead atoms.